The molecule has 1 aromatic heterocycles. The van der Waals surface area contributed by atoms with Crippen molar-refractivity contribution in [2.75, 3.05) is 13.2 Å². The normalized spacial score (nSPS) is 12.6. The summed E-state index contributed by atoms with van der Waals surface area (Å²) in [6.07, 6.45) is 0.164. The number of hydrazine groups is 1. The van der Waals surface area contributed by atoms with Crippen LogP contribution in [0.2, 0.25) is 0 Å². The summed E-state index contributed by atoms with van der Waals surface area (Å²) in [7, 11) is 0. The molecule has 7 heteroatoms. The summed E-state index contributed by atoms with van der Waals surface area (Å²) in [6, 6.07) is 12.7. The van der Waals surface area contributed by atoms with E-state index in [1.54, 1.807) is 18.2 Å². The van der Waals surface area contributed by atoms with Gasteiger partial charge in [0.2, 0.25) is 5.91 Å². The fourth-order valence-electron chi connectivity index (χ4n) is 3.15. The molecule has 0 saturated carbocycles. The van der Waals surface area contributed by atoms with Gasteiger partial charge in [-0.3, -0.25) is 20.4 Å². The molecule has 0 aliphatic carbocycles. The van der Waals surface area contributed by atoms with Crippen LogP contribution >= 0.6 is 0 Å². The molecule has 27 heavy (non-hydrogen) atoms. The van der Waals surface area contributed by atoms with E-state index in [4.69, 9.17) is 9.47 Å². The van der Waals surface area contributed by atoms with E-state index in [1.165, 1.54) is 0 Å². The number of benzene rings is 2. The van der Waals surface area contributed by atoms with Gasteiger partial charge >= 0.3 is 0 Å². The molecule has 0 saturated heterocycles. The van der Waals surface area contributed by atoms with E-state index in [1.807, 2.05) is 31.2 Å². The maximum atomic E-state index is 12.3. The summed E-state index contributed by atoms with van der Waals surface area (Å²) in [5, 5.41) is 1.00. The zero-order valence-electron chi connectivity index (χ0n) is 14.8. The third-order valence-corrected chi connectivity index (χ3v) is 4.48. The number of rotatable bonds is 3. The number of amides is 2. The van der Waals surface area contributed by atoms with Crippen molar-refractivity contribution in [3.05, 3.63) is 59.3 Å². The summed E-state index contributed by atoms with van der Waals surface area (Å²) in [5.41, 5.74) is 8.12. The predicted octanol–water partition coefficient (Wildman–Crippen LogP) is 2.25. The fourth-order valence-corrected chi connectivity index (χ4v) is 3.15. The first-order valence-electron chi connectivity index (χ1n) is 8.67. The number of aryl methyl sites for hydroxylation is 1. The highest BCUT2D eigenvalue weighted by Crippen LogP contribution is 2.30. The minimum Gasteiger partial charge on any atom is -0.486 e. The van der Waals surface area contributed by atoms with Crippen molar-refractivity contribution in [1.82, 2.24) is 15.8 Å². The van der Waals surface area contributed by atoms with Gasteiger partial charge in [0.05, 0.1) is 6.42 Å². The Labute approximate surface area is 155 Å². The minimum atomic E-state index is -0.420. The summed E-state index contributed by atoms with van der Waals surface area (Å²) in [4.78, 5) is 27.8. The number of H-pyrrole nitrogens is 1. The molecular weight excluding hydrogens is 346 g/mol. The van der Waals surface area contributed by atoms with Gasteiger partial charge in [0.15, 0.2) is 11.5 Å². The Morgan fingerprint density at radius 3 is 2.67 bits per heavy atom. The molecule has 2 amide bonds. The van der Waals surface area contributed by atoms with Crippen LogP contribution < -0.4 is 20.3 Å². The first kappa shape index (κ1) is 17.0. The Bertz CT molecular complexity index is 1030. The number of fused-ring (bicyclic) bond motifs is 2. The lowest BCUT2D eigenvalue weighted by Crippen LogP contribution is -2.42. The SMILES string of the molecule is Cc1[nH]c2ccccc2c1CC(=O)NNC(=O)c1ccc2c(c1)OCCO2. The van der Waals surface area contributed by atoms with E-state index in [-0.39, 0.29) is 12.3 Å². The smallest absolute Gasteiger partial charge is 0.269 e. The van der Waals surface area contributed by atoms with Gasteiger partial charge in [0.1, 0.15) is 13.2 Å². The van der Waals surface area contributed by atoms with Gasteiger partial charge in [-0.2, -0.15) is 0 Å². The molecule has 1 aliphatic rings. The summed E-state index contributed by atoms with van der Waals surface area (Å²) >= 11 is 0. The molecule has 138 valence electrons. The summed E-state index contributed by atoms with van der Waals surface area (Å²) < 4.78 is 10.9. The molecule has 3 aromatic rings. The van der Waals surface area contributed by atoms with Gasteiger partial charge in [-0.25, -0.2) is 0 Å². The van der Waals surface area contributed by atoms with Gasteiger partial charge in [-0.1, -0.05) is 18.2 Å². The van der Waals surface area contributed by atoms with Gasteiger partial charge in [0.25, 0.3) is 5.91 Å². The Kier molecular flexibility index (Phi) is 4.42. The number of ether oxygens (including phenoxy) is 2. The topological polar surface area (TPSA) is 92.5 Å². The van der Waals surface area contributed by atoms with Gasteiger partial charge in [0, 0.05) is 22.2 Å². The van der Waals surface area contributed by atoms with Crippen LogP contribution in [-0.2, 0) is 11.2 Å². The zero-order valence-corrected chi connectivity index (χ0v) is 14.8. The number of carbonyl (C=O) groups excluding carboxylic acids is 2. The number of nitrogens with one attached hydrogen (secondary N) is 3. The van der Waals surface area contributed by atoms with Crippen LogP contribution in [0.25, 0.3) is 10.9 Å². The maximum absolute atomic E-state index is 12.3. The standard InChI is InChI=1S/C20H19N3O4/c1-12-15(14-4-2-3-5-16(14)21-12)11-19(24)22-23-20(25)13-6-7-17-18(10-13)27-9-8-26-17/h2-7,10,21H,8-9,11H2,1H3,(H,22,24)(H,23,25). The van der Waals surface area contributed by atoms with Crippen molar-refractivity contribution >= 4 is 22.7 Å². The molecule has 0 atom stereocenters. The van der Waals surface area contributed by atoms with Crippen LogP contribution in [-0.4, -0.2) is 30.0 Å². The summed E-state index contributed by atoms with van der Waals surface area (Å²) in [6.45, 7) is 2.86. The highest BCUT2D eigenvalue weighted by Gasteiger charge is 2.16. The molecule has 1 aliphatic heterocycles. The molecule has 0 radical (unpaired) electrons. The first-order chi connectivity index (χ1) is 13.1. The third-order valence-electron chi connectivity index (χ3n) is 4.48. The van der Waals surface area contributed by atoms with Crippen LogP contribution in [0.1, 0.15) is 21.6 Å². The second kappa shape index (κ2) is 7.03. The highest BCUT2D eigenvalue weighted by molar-refractivity contribution is 5.96. The highest BCUT2D eigenvalue weighted by atomic mass is 16.6. The number of carbonyl (C=O) groups is 2. The number of hydrogen-bond donors (Lipinski definition) is 3. The maximum Gasteiger partial charge on any atom is 0.269 e. The molecule has 7 nitrogen and oxygen atoms in total. The Morgan fingerprint density at radius 2 is 1.81 bits per heavy atom. The quantitative estimate of drug-likeness (QED) is 0.621. The molecule has 0 spiro atoms. The van der Waals surface area contributed by atoms with Crippen molar-refractivity contribution in [1.29, 1.82) is 0 Å². The number of aromatic amines is 1. The molecule has 2 heterocycles. The zero-order chi connectivity index (χ0) is 18.8. The third kappa shape index (κ3) is 3.44. The van der Waals surface area contributed by atoms with Gasteiger partial charge in [-0.15, -0.1) is 0 Å². The lowest BCUT2D eigenvalue weighted by Gasteiger charge is -2.18. The first-order valence-corrected chi connectivity index (χ1v) is 8.67. The lowest BCUT2D eigenvalue weighted by molar-refractivity contribution is -0.121. The molecule has 0 unspecified atom stereocenters. The van der Waals surface area contributed by atoms with Gasteiger partial charge < -0.3 is 14.5 Å². The monoisotopic (exact) mass is 365 g/mol. The average Bonchev–Trinajstić information content (AvgIpc) is 3.01. The van der Waals surface area contributed by atoms with E-state index in [2.05, 4.69) is 15.8 Å². The average molecular weight is 365 g/mol. The van der Waals surface area contributed by atoms with Crippen molar-refractivity contribution in [3.8, 4) is 11.5 Å². The number of para-hydroxylation sites is 1. The second-order valence-corrected chi connectivity index (χ2v) is 6.31. The molecule has 2 aromatic carbocycles. The van der Waals surface area contributed by atoms with Crippen molar-refractivity contribution in [2.45, 2.75) is 13.3 Å². The fraction of sp³-hybridized carbons (Fsp3) is 0.200. The van der Waals surface area contributed by atoms with Crippen molar-refractivity contribution in [2.24, 2.45) is 0 Å². The van der Waals surface area contributed by atoms with E-state index in [0.717, 1.165) is 22.2 Å². The van der Waals surface area contributed by atoms with E-state index >= 15 is 0 Å². The second-order valence-electron chi connectivity index (χ2n) is 6.31. The largest absolute Gasteiger partial charge is 0.486 e. The Morgan fingerprint density at radius 1 is 1.04 bits per heavy atom. The number of hydrogen-bond acceptors (Lipinski definition) is 4. The summed E-state index contributed by atoms with van der Waals surface area (Å²) in [5.74, 6) is 0.413. The molecule has 4 rings (SSSR count). The molecule has 0 fully saturated rings. The van der Waals surface area contributed by atoms with Crippen LogP contribution in [0, 0.1) is 6.92 Å². The van der Waals surface area contributed by atoms with Crippen molar-refractivity contribution < 1.29 is 19.1 Å². The van der Waals surface area contributed by atoms with Crippen LogP contribution in [0.3, 0.4) is 0 Å². The molecule has 3 N–H and O–H groups in total. The van der Waals surface area contributed by atoms with E-state index in [9.17, 15) is 9.59 Å². The van der Waals surface area contributed by atoms with E-state index < -0.39 is 5.91 Å². The number of aromatic nitrogens is 1. The van der Waals surface area contributed by atoms with Crippen LogP contribution in [0.5, 0.6) is 11.5 Å². The molecule has 0 bridgehead atoms. The minimum absolute atomic E-state index is 0.164. The van der Waals surface area contributed by atoms with Crippen LogP contribution in [0.15, 0.2) is 42.5 Å². The van der Waals surface area contributed by atoms with Gasteiger partial charge in [-0.05, 0) is 36.8 Å². The predicted molar refractivity (Wildman–Crippen MR) is 99.8 cm³/mol. The Balaban J connectivity index is 1.40. The van der Waals surface area contributed by atoms with Crippen LogP contribution in [0.4, 0.5) is 0 Å². The Hall–Kier alpha value is -3.48. The molecular formula is C20H19N3O4. The van der Waals surface area contributed by atoms with E-state index in [0.29, 0.717) is 30.3 Å². The lowest BCUT2D eigenvalue weighted by atomic mass is 10.1. The van der Waals surface area contributed by atoms with Crippen molar-refractivity contribution in [3.63, 3.8) is 0 Å².